The SMILES string of the molecule is NCC1CCCCN1c1nccc2ccccc12. The second kappa shape index (κ2) is 4.94. The summed E-state index contributed by atoms with van der Waals surface area (Å²) in [5, 5.41) is 2.49. The summed E-state index contributed by atoms with van der Waals surface area (Å²) in [4.78, 5) is 6.99. The predicted octanol–water partition coefficient (Wildman–Crippen LogP) is 2.55. The molecule has 1 atom stereocenters. The van der Waals surface area contributed by atoms with Crippen LogP contribution in [-0.4, -0.2) is 24.1 Å². The first-order chi connectivity index (χ1) is 8.90. The van der Waals surface area contributed by atoms with Crippen molar-refractivity contribution in [2.45, 2.75) is 25.3 Å². The topological polar surface area (TPSA) is 42.1 Å². The van der Waals surface area contributed by atoms with Gasteiger partial charge in [0.25, 0.3) is 0 Å². The van der Waals surface area contributed by atoms with Crippen molar-refractivity contribution in [1.82, 2.24) is 4.98 Å². The van der Waals surface area contributed by atoms with Crippen molar-refractivity contribution in [1.29, 1.82) is 0 Å². The van der Waals surface area contributed by atoms with Gasteiger partial charge in [-0.2, -0.15) is 0 Å². The summed E-state index contributed by atoms with van der Waals surface area (Å²) in [7, 11) is 0. The molecule has 0 aliphatic carbocycles. The summed E-state index contributed by atoms with van der Waals surface area (Å²) in [6, 6.07) is 11.0. The minimum atomic E-state index is 0.442. The zero-order valence-electron chi connectivity index (χ0n) is 10.5. The van der Waals surface area contributed by atoms with Crippen LogP contribution in [0.4, 0.5) is 5.82 Å². The van der Waals surface area contributed by atoms with Gasteiger partial charge < -0.3 is 10.6 Å². The molecular weight excluding hydrogens is 222 g/mol. The average molecular weight is 241 g/mol. The zero-order chi connectivity index (χ0) is 12.4. The molecule has 18 heavy (non-hydrogen) atoms. The Morgan fingerprint density at radius 1 is 1.22 bits per heavy atom. The number of piperidine rings is 1. The molecule has 94 valence electrons. The second-order valence-electron chi connectivity index (χ2n) is 4.93. The number of hydrogen-bond donors (Lipinski definition) is 1. The highest BCUT2D eigenvalue weighted by Crippen LogP contribution is 2.29. The summed E-state index contributed by atoms with van der Waals surface area (Å²) in [5.74, 6) is 1.10. The first-order valence-electron chi connectivity index (χ1n) is 6.70. The van der Waals surface area contributed by atoms with Crippen molar-refractivity contribution in [2.75, 3.05) is 18.0 Å². The number of hydrogen-bond acceptors (Lipinski definition) is 3. The number of rotatable bonds is 2. The normalized spacial score (nSPS) is 20.3. The molecule has 0 amide bonds. The van der Waals surface area contributed by atoms with Gasteiger partial charge in [-0.1, -0.05) is 24.3 Å². The van der Waals surface area contributed by atoms with Gasteiger partial charge in [0.05, 0.1) is 0 Å². The fourth-order valence-corrected chi connectivity index (χ4v) is 2.86. The molecule has 3 heteroatoms. The minimum Gasteiger partial charge on any atom is -0.352 e. The van der Waals surface area contributed by atoms with E-state index in [1.807, 2.05) is 6.20 Å². The molecular formula is C15H19N3. The van der Waals surface area contributed by atoms with Crippen molar-refractivity contribution in [3.63, 3.8) is 0 Å². The van der Waals surface area contributed by atoms with Crippen LogP contribution in [0.25, 0.3) is 10.8 Å². The van der Waals surface area contributed by atoms with E-state index in [1.54, 1.807) is 0 Å². The highest BCUT2D eigenvalue weighted by Gasteiger charge is 2.23. The molecule has 1 unspecified atom stereocenters. The van der Waals surface area contributed by atoms with Crippen molar-refractivity contribution < 1.29 is 0 Å². The number of benzene rings is 1. The predicted molar refractivity (Wildman–Crippen MR) is 75.8 cm³/mol. The van der Waals surface area contributed by atoms with Gasteiger partial charge in [-0.25, -0.2) is 4.98 Å². The van der Waals surface area contributed by atoms with E-state index < -0.39 is 0 Å². The van der Waals surface area contributed by atoms with Crippen LogP contribution in [0.15, 0.2) is 36.5 Å². The lowest BCUT2D eigenvalue weighted by Gasteiger charge is -2.36. The Balaban J connectivity index is 2.07. The molecule has 0 radical (unpaired) electrons. The molecule has 1 aliphatic rings. The number of nitrogens with two attached hydrogens (primary N) is 1. The van der Waals surface area contributed by atoms with Crippen LogP contribution in [-0.2, 0) is 0 Å². The Kier molecular flexibility index (Phi) is 3.15. The summed E-state index contributed by atoms with van der Waals surface area (Å²) < 4.78 is 0. The standard InChI is InChI=1S/C15H19N3/c16-11-13-6-3-4-10-18(13)15-14-7-2-1-5-12(14)8-9-17-15/h1-2,5,7-9,13H,3-4,6,10-11,16H2. The van der Waals surface area contributed by atoms with E-state index in [9.17, 15) is 0 Å². The Morgan fingerprint density at radius 2 is 2.11 bits per heavy atom. The lowest BCUT2D eigenvalue weighted by Crippen LogP contribution is -2.44. The van der Waals surface area contributed by atoms with Crippen LogP contribution in [0.2, 0.25) is 0 Å². The minimum absolute atomic E-state index is 0.442. The third-order valence-electron chi connectivity index (χ3n) is 3.82. The molecule has 2 N–H and O–H groups in total. The number of anilines is 1. The fourth-order valence-electron chi connectivity index (χ4n) is 2.86. The molecule has 2 aromatic rings. The van der Waals surface area contributed by atoms with Gasteiger partial charge in [0, 0.05) is 30.7 Å². The van der Waals surface area contributed by atoms with E-state index in [-0.39, 0.29) is 0 Å². The van der Waals surface area contributed by atoms with Gasteiger partial charge in [-0.3, -0.25) is 0 Å². The van der Waals surface area contributed by atoms with Gasteiger partial charge in [-0.15, -0.1) is 0 Å². The molecule has 2 heterocycles. The van der Waals surface area contributed by atoms with Crippen LogP contribution >= 0.6 is 0 Å². The average Bonchev–Trinajstić information content (AvgIpc) is 2.46. The van der Waals surface area contributed by atoms with Crippen molar-refractivity contribution in [3.05, 3.63) is 36.5 Å². The first-order valence-corrected chi connectivity index (χ1v) is 6.70. The molecule has 1 aromatic carbocycles. The van der Waals surface area contributed by atoms with Crippen LogP contribution in [0.1, 0.15) is 19.3 Å². The summed E-state index contributed by atoms with van der Waals surface area (Å²) in [6.45, 7) is 1.79. The van der Waals surface area contributed by atoms with Crippen LogP contribution in [0.3, 0.4) is 0 Å². The molecule has 0 bridgehead atoms. The molecule has 1 aliphatic heterocycles. The third-order valence-corrected chi connectivity index (χ3v) is 3.82. The Hall–Kier alpha value is -1.61. The first kappa shape index (κ1) is 11.5. The lowest BCUT2D eigenvalue weighted by atomic mass is 10.0. The maximum atomic E-state index is 5.91. The van der Waals surface area contributed by atoms with Crippen molar-refractivity contribution in [3.8, 4) is 0 Å². The zero-order valence-corrected chi connectivity index (χ0v) is 10.5. The van der Waals surface area contributed by atoms with Crippen molar-refractivity contribution in [2.24, 2.45) is 5.73 Å². The molecule has 3 nitrogen and oxygen atoms in total. The highest BCUT2D eigenvalue weighted by atomic mass is 15.2. The number of aromatic nitrogens is 1. The molecule has 0 spiro atoms. The van der Waals surface area contributed by atoms with Gasteiger partial charge in [0.1, 0.15) is 5.82 Å². The smallest absolute Gasteiger partial charge is 0.136 e. The van der Waals surface area contributed by atoms with Crippen LogP contribution < -0.4 is 10.6 Å². The van der Waals surface area contributed by atoms with Crippen LogP contribution in [0, 0.1) is 0 Å². The van der Waals surface area contributed by atoms with Gasteiger partial charge in [0.2, 0.25) is 0 Å². The Labute approximate surface area is 108 Å². The van der Waals surface area contributed by atoms with Gasteiger partial charge in [-0.05, 0) is 30.7 Å². The molecule has 1 aromatic heterocycles. The number of fused-ring (bicyclic) bond motifs is 1. The quantitative estimate of drug-likeness (QED) is 0.878. The van der Waals surface area contributed by atoms with E-state index in [4.69, 9.17) is 5.73 Å². The number of pyridine rings is 1. The monoisotopic (exact) mass is 241 g/mol. The largest absolute Gasteiger partial charge is 0.352 e. The highest BCUT2D eigenvalue weighted by molar-refractivity contribution is 5.92. The van der Waals surface area contributed by atoms with Crippen LogP contribution in [0.5, 0.6) is 0 Å². The maximum absolute atomic E-state index is 5.91. The van der Waals surface area contributed by atoms with Gasteiger partial charge in [0.15, 0.2) is 0 Å². The maximum Gasteiger partial charge on any atom is 0.136 e. The van der Waals surface area contributed by atoms with Gasteiger partial charge >= 0.3 is 0 Å². The van der Waals surface area contributed by atoms with E-state index in [2.05, 4.69) is 40.2 Å². The van der Waals surface area contributed by atoms with E-state index in [0.717, 1.165) is 12.4 Å². The third kappa shape index (κ3) is 1.95. The molecule has 1 fully saturated rings. The van der Waals surface area contributed by atoms with Crippen molar-refractivity contribution >= 4 is 16.6 Å². The van der Waals surface area contributed by atoms with E-state index in [0.29, 0.717) is 12.6 Å². The molecule has 1 saturated heterocycles. The number of nitrogens with zero attached hydrogens (tertiary/aromatic N) is 2. The molecule has 0 saturated carbocycles. The van der Waals surface area contributed by atoms with E-state index >= 15 is 0 Å². The Morgan fingerprint density at radius 3 is 3.00 bits per heavy atom. The second-order valence-corrected chi connectivity index (χ2v) is 4.93. The fraction of sp³-hybridized carbons (Fsp3) is 0.400. The summed E-state index contributed by atoms with van der Waals surface area (Å²) >= 11 is 0. The summed E-state index contributed by atoms with van der Waals surface area (Å²) in [6.07, 6.45) is 5.60. The summed E-state index contributed by atoms with van der Waals surface area (Å²) in [5.41, 5.74) is 5.91. The molecule has 3 rings (SSSR count). The van der Waals surface area contributed by atoms with E-state index in [1.165, 1.54) is 30.0 Å². The lowest BCUT2D eigenvalue weighted by molar-refractivity contribution is 0.463. The Bertz CT molecular complexity index is 533.